The first-order valence-electron chi connectivity index (χ1n) is 4.21. The largest absolute Gasteiger partial charge is 0.455 e. The maximum atomic E-state index is 11.0. The number of ether oxygens (including phenoxy) is 1. The van der Waals surface area contributed by atoms with Crippen molar-refractivity contribution < 1.29 is 14.6 Å². The van der Waals surface area contributed by atoms with Gasteiger partial charge in [-0.1, -0.05) is 19.2 Å². The Kier molecular flexibility index (Phi) is 5.89. The lowest BCUT2D eigenvalue weighted by molar-refractivity contribution is -0.142. The van der Waals surface area contributed by atoms with Gasteiger partial charge in [0.15, 0.2) is 0 Å². The minimum Gasteiger partial charge on any atom is -0.455 e. The highest BCUT2D eigenvalue weighted by Gasteiger charge is 2.10. The molecule has 0 radical (unpaired) electrons. The molecule has 3 heteroatoms. The van der Waals surface area contributed by atoms with Crippen molar-refractivity contribution in [2.24, 2.45) is 0 Å². The van der Waals surface area contributed by atoms with Crippen molar-refractivity contribution >= 4 is 5.97 Å². The van der Waals surface area contributed by atoms with E-state index in [1.807, 2.05) is 0 Å². The number of hydrogen-bond acceptors (Lipinski definition) is 3. The molecule has 0 heterocycles. The molecule has 0 amide bonds. The number of rotatable bonds is 6. The number of aliphatic hydroxyl groups excluding tert-OH is 1. The Hall–Kier alpha value is -1.09. The van der Waals surface area contributed by atoms with Crippen LogP contribution in [0.4, 0.5) is 0 Å². The summed E-state index contributed by atoms with van der Waals surface area (Å²) in [5.41, 5.74) is 0.371. The first-order valence-corrected chi connectivity index (χ1v) is 4.21. The van der Waals surface area contributed by atoms with Gasteiger partial charge in [-0.25, -0.2) is 4.79 Å². The fraction of sp³-hybridized carbons (Fsp3) is 0.500. The molecule has 0 fully saturated rings. The van der Waals surface area contributed by atoms with Gasteiger partial charge in [0, 0.05) is 12.2 Å². The molecule has 0 aromatic rings. The number of carbonyl (C=O) groups is 1. The van der Waals surface area contributed by atoms with E-state index in [2.05, 4.69) is 13.2 Å². The Morgan fingerprint density at radius 3 is 2.69 bits per heavy atom. The molecule has 0 spiro atoms. The zero-order valence-electron chi connectivity index (χ0n) is 7.95. The van der Waals surface area contributed by atoms with Gasteiger partial charge in [-0.15, -0.1) is 0 Å². The predicted octanol–water partition coefficient (Wildman–Crippen LogP) is 1.43. The number of esters is 1. The van der Waals surface area contributed by atoms with Gasteiger partial charge in [0.25, 0.3) is 0 Å². The molecule has 0 rings (SSSR count). The van der Waals surface area contributed by atoms with Gasteiger partial charge in [-0.05, 0) is 19.8 Å². The molecule has 0 aliphatic heterocycles. The lowest BCUT2D eigenvalue weighted by Crippen LogP contribution is -2.16. The molecule has 0 aromatic heterocycles. The van der Waals surface area contributed by atoms with E-state index < -0.39 is 5.97 Å². The standard InChI is InChI=1S/C10H16O3/c1-4-9(6-5-7-11)13-10(12)8(2)3/h4,9,11H,1-2,5-7H2,3H3. The predicted molar refractivity (Wildman–Crippen MR) is 51.2 cm³/mol. The monoisotopic (exact) mass is 184 g/mol. The van der Waals surface area contributed by atoms with Crippen molar-refractivity contribution in [3.8, 4) is 0 Å². The lowest BCUT2D eigenvalue weighted by atomic mass is 10.2. The summed E-state index contributed by atoms with van der Waals surface area (Å²) in [4.78, 5) is 11.0. The van der Waals surface area contributed by atoms with Crippen molar-refractivity contribution in [1.29, 1.82) is 0 Å². The highest BCUT2D eigenvalue weighted by Crippen LogP contribution is 2.06. The highest BCUT2D eigenvalue weighted by molar-refractivity contribution is 5.87. The van der Waals surface area contributed by atoms with Crippen molar-refractivity contribution in [2.45, 2.75) is 25.9 Å². The van der Waals surface area contributed by atoms with Crippen molar-refractivity contribution in [3.63, 3.8) is 0 Å². The molecule has 74 valence electrons. The number of carbonyl (C=O) groups excluding carboxylic acids is 1. The molecule has 0 aliphatic carbocycles. The first kappa shape index (κ1) is 11.9. The summed E-state index contributed by atoms with van der Waals surface area (Å²) in [6.45, 7) is 8.69. The fourth-order valence-corrected chi connectivity index (χ4v) is 0.755. The molecule has 0 aromatic carbocycles. The zero-order valence-corrected chi connectivity index (χ0v) is 7.95. The summed E-state index contributed by atoms with van der Waals surface area (Å²) in [6, 6.07) is 0. The molecule has 13 heavy (non-hydrogen) atoms. The van der Waals surface area contributed by atoms with Crippen LogP contribution in [0.15, 0.2) is 24.8 Å². The Bertz CT molecular complexity index is 196. The van der Waals surface area contributed by atoms with Gasteiger partial charge in [-0.2, -0.15) is 0 Å². The quantitative estimate of drug-likeness (QED) is 0.386. The third kappa shape index (κ3) is 5.20. The van der Waals surface area contributed by atoms with Crippen LogP contribution >= 0.6 is 0 Å². The molecule has 1 N–H and O–H groups in total. The molecule has 0 bridgehead atoms. The maximum absolute atomic E-state index is 11.0. The zero-order chi connectivity index (χ0) is 10.3. The van der Waals surface area contributed by atoms with Gasteiger partial charge in [0.1, 0.15) is 6.10 Å². The van der Waals surface area contributed by atoms with Crippen LogP contribution in [0.2, 0.25) is 0 Å². The van der Waals surface area contributed by atoms with E-state index >= 15 is 0 Å². The molecule has 1 atom stereocenters. The smallest absolute Gasteiger partial charge is 0.333 e. The van der Waals surface area contributed by atoms with Gasteiger partial charge < -0.3 is 9.84 Å². The molecule has 1 unspecified atom stereocenters. The normalized spacial score (nSPS) is 11.8. The average Bonchev–Trinajstić information content (AvgIpc) is 2.11. The second-order valence-corrected chi connectivity index (χ2v) is 2.83. The van der Waals surface area contributed by atoms with Crippen LogP contribution in [0.3, 0.4) is 0 Å². The molecule has 3 nitrogen and oxygen atoms in total. The van der Waals surface area contributed by atoms with Gasteiger partial charge in [0.05, 0.1) is 0 Å². The Labute approximate surface area is 78.7 Å². The summed E-state index contributed by atoms with van der Waals surface area (Å²) in [5, 5.41) is 8.56. The van der Waals surface area contributed by atoms with E-state index in [4.69, 9.17) is 9.84 Å². The topological polar surface area (TPSA) is 46.5 Å². The summed E-state index contributed by atoms with van der Waals surface area (Å²) in [6.07, 6.45) is 2.42. The van der Waals surface area contributed by atoms with Gasteiger partial charge in [0.2, 0.25) is 0 Å². The SMILES string of the molecule is C=CC(CCCO)OC(=O)C(=C)C. The molecule has 0 aliphatic rings. The van der Waals surface area contributed by atoms with Crippen LogP contribution in [0.5, 0.6) is 0 Å². The van der Waals surface area contributed by atoms with E-state index in [1.165, 1.54) is 0 Å². The number of hydrogen-bond donors (Lipinski definition) is 1. The van der Waals surface area contributed by atoms with E-state index in [0.29, 0.717) is 18.4 Å². The molecule has 0 saturated heterocycles. The summed E-state index contributed by atoms with van der Waals surface area (Å²) in [7, 11) is 0. The average molecular weight is 184 g/mol. The highest BCUT2D eigenvalue weighted by atomic mass is 16.5. The Morgan fingerprint density at radius 1 is 1.69 bits per heavy atom. The van der Waals surface area contributed by atoms with Crippen LogP contribution in [0, 0.1) is 0 Å². The number of aliphatic hydroxyl groups is 1. The van der Waals surface area contributed by atoms with Crippen LogP contribution in [0.25, 0.3) is 0 Å². The summed E-state index contributed by atoms with van der Waals surface area (Å²) >= 11 is 0. The molecular formula is C10H16O3. The fourth-order valence-electron chi connectivity index (χ4n) is 0.755. The van der Waals surface area contributed by atoms with Crippen molar-refractivity contribution in [2.75, 3.05) is 6.61 Å². The van der Waals surface area contributed by atoms with Crippen LogP contribution in [-0.4, -0.2) is 23.8 Å². The van der Waals surface area contributed by atoms with Gasteiger partial charge >= 0.3 is 5.97 Å². The third-order valence-electron chi connectivity index (χ3n) is 1.52. The van der Waals surface area contributed by atoms with Crippen LogP contribution in [-0.2, 0) is 9.53 Å². The molecule has 0 saturated carbocycles. The van der Waals surface area contributed by atoms with E-state index in [0.717, 1.165) is 0 Å². The first-order chi connectivity index (χ1) is 6.11. The van der Waals surface area contributed by atoms with E-state index in [1.54, 1.807) is 13.0 Å². The third-order valence-corrected chi connectivity index (χ3v) is 1.52. The van der Waals surface area contributed by atoms with Crippen molar-refractivity contribution in [3.05, 3.63) is 24.8 Å². The second kappa shape index (κ2) is 6.43. The Morgan fingerprint density at radius 2 is 2.31 bits per heavy atom. The molecular weight excluding hydrogens is 168 g/mol. The van der Waals surface area contributed by atoms with Gasteiger partial charge in [-0.3, -0.25) is 0 Å². The van der Waals surface area contributed by atoms with Crippen LogP contribution in [0.1, 0.15) is 19.8 Å². The van der Waals surface area contributed by atoms with Crippen molar-refractivity contribution in [1.82, 2.24) is 0 Å². The van der Waals surface area contributed by atoms with Crippen LogP contribution < -0.4 is 0 Å². The minimum atomic E-state index is -0.414. The summed E-state index contributed by atoms with van der Waals surface area (Å²) < 4.78 is 5.00. The summed E-state index contributed by atoms with van der Waals surface area (Å²) in [5.74, 6) is -0.414. The Balaban J connectivity index is 3.90. The second-order valence-electron chi connectivity index (χ2n) is 2.83. The van der Waals surface area contributed by atoms with E-state index in [9.17, 15) is 4.79 Å². The maximum Gasteiger partial charge on any atom is 0.333 e. The minimum absolute atomic E-state index is 0.0922. The lowest BCUT2D eigenvalue weighted by Gasteiger charge is -2.12. The van der Waals surface area contributed by atoms with E-state index in [-0.39, 0.29) is 12.7 Å².